The second-order valence-electron chi connectivity index (χ2n) is 4.86. The van der Waals surface area contributed by atoms with Gasteiger partial charge in [-0.1, -0.05) is 18.1 Å². The molecule has 1 aromatic carbocycles. The van der Waals surface area contributed by atoms with Gasteiger partial charge in [0.1, 0.15) is 0 Å². The maximum Gasteiger partial charge on any atom is 0.306 e. The van der Waals surface area contributed by atoms with Gasteiger partial charge in [0, 0.05) is 12.0 Å². The van der Waals surface area contributed by atoms with E-state index in [9.17, 15) is 14.4 Å². The molecular weight excluding hydrogens is 282 g/mol. The Bertz CT molecular complexity index is 614. The Kier molecular flexibility index (Phi) is 6.84. The highest BCUT2D eigenvalue weighted by Crippen LogP contribution is 2.12. The largest absolute Gasteiger partial charge is 0.456 e. The van der Waals surface area contributed by atoms with Crippen LogP contribution in [0.15, 0.2) is 18.2 Å². The van der Waals surface area contributed by atoms with Crippen LogP contribution >= 0.6 is 0 Å². The molecule has 5 heteroatoms. The zero-order valence-electron chi connectivity index (χ0n) is 12.8. The summed E-state index contributed by atoms with van der Waals surface area (Å²) >= 11 is 0. The number of amides is 1. The molecule has 0 spiro atoms. The molecule has 0 bridgehead atoms. The third-order valence-electron chi connectivity index (χ3n) is 3.14. The van der Waals surface area contributed by atoms with Crippen molar-refractivity contribution in [1.29, 1.82) is 0 Å². The van der Waals surface area contributed by atoms with E-state index < -0.39 is 18.5 Å². The number of terminal acetylenes is 1. The monoisotopic (exact) mass is 301 g/mol. The highest BCUT2D eigenvalue weighted by molar-refractivity contribution is 5.97. The third kappa shape index (κ3) is 5.80. The van der Waals surface area contributed by atoms with Gasteiger partial charge in [-0.25, -0.2) is 0 Å². The van der Waals surface area contributed by atoms with Crippen LogP contribution in [-0.2, 0) is 14.3 Å². The summed E-state index contributed by atoms with van der Waals surface area (Å²) in [6.45, 7) is 3.58. The molecular formula is C17H19NO4. The minimum Gasteiger partial charge on any atom is -0.456 e. The molecule has 0 aliphatic carbocycles. The molecule has 0 atom stereocenters. The molecule has 0 aliphatic heterocycles. The van der Waals surface area contributed by atoms with E-state index >= 15 is 0 Å². The first-order valence-corrected chi connectivity index (χ1v) is 6.90. The van der Waals surface area contributed by atoms with Crippen molar-refractivity contribution in [2.75, 3.05) is 13.2 Å². The lowest BCUT2D eigenvalue weighted by Gasteiger charge is -2.06. The standard InChI is InChI=1S/C17H19NO4/c1-4-9-18-16(20)11-22-17(21)8-7-15(19)14-6-5-12(2)13(3)10-14/h1,5-6,10H,7-9,11H2,2-3H3,(H,18,20). The molecule has 1 amide bonds. The fourth-order valence-corrected chi connectivity index (χ4v) is 1.69. The van der Waals surface area contributed by atoms with E-state index in [0.717, 1.165) is 11.1 Å². The number of carbonyl (C=O) groups is 3. The zero-order valence-corrected chi connectivity index (χ0v) is 12.8. The minimum atomic E-state index is -0.590. The Balaban J connectivity index is 2.37. The molecule has 22 heavy (non-hydrogen) atoms. The van der Waals surface area contributed by atoms with E-state index in [0.29, 0.717) is 5.56 Å². The fraction of sp³-hybridized carbons (Fsp3) is 0.353. The van der Waals surface area contributed by atoms with Gasteiger partial charge in [0.25, 0.3) is 5.91 Å². The first kappa shape index (κ1) is 17.4. The molecule has 0 aromatic heterocycles. The number of aryl methyl sites for hydroxylation is 2. The number of hydrogen-bond donors (Lipinski definition) is 1. The summed E-state index contributed by atoms with van der Waals surface area (Å²) < 4.78 is 4.76. The SMILES string of the molecule is C#CCNC(=O)COC(=O)CCC(=O)c1ccc(C)c(C)c1. The van der Waals surface area contributed by atoms with Gasteiger partial charge in [0.05, 0.1) is 13.0 Å². The van der Waals surface area contributed by atoms with E-state index in [1.165, 1.54) is 0 Å². The van der Waals surface area contributed by atoms with Crippen molar-refractivity contribution < 1.29 is 19.1 Å². The number of hydrogen-bond acceptors (Lipinski definition) is 4. The highest BCUT2D eigenvalue weighted by atomic mass is 16.5. The Morgan fingerprint density at radius 2 is 1.91 bits per heavy atom. The van der Waals surface area contributed by atoms with Crippen molar-refractivity contribution in [3.05, 3.63) is 34.9 Å². The van der Waals surface area contributed by atoms with Gasteiger partial charge in [0.2, 0.25) is 0 Å². The summed E-state index contributed by atoms with van der Waals surface area (Å²) in [5, 5.41) is 2.37. The zero-order chi connectivity index (χ0) is 16.5. The van der Waals surface area contributed by atoms with E-state index in [2.05, 4.69) is 11.2 Å². The number of benzene rings is 1. The predicted octanol–water partition coefficient (Wildman–Crippen LogP) is 1.56. The van der Waals surface area contributed by atoms with Gasteiger partial charge in [-0.05, 0) is 31.0 Å². The van der Waals surface area contributed by atoms with Crippen molar-refractivity contribution in [1.82, 2.24) is 5.32 Å². The van der Waals surface area contributed by atoms with Crippen molar-refractivity contribution >= 4 is 17.7 Å². The van der Waals surface area contributed by atoms with Crippen molar-refractivity contribution in [3.63, 3.8) is 0 Å². The third-order valence-corrected chi connectivity index (χ3v) is 3.14. The normalized spacial score (nSPS) is 9.68. The number of ketones is 1. The second-order valence-corrected chi connectivity index (χ2v) is 4.86. The van der Waals surface area contributed by atoms with Crippen LogP contribution in [0, 0.1) is 26.2 Å². The molecule has 0 saturated heterocycles. The summed E-state index contributed by atoms with van der Waals surface area (Å²) in [6, 6.07) is 5.41. The first-order chi connectivity index (χ1) is 10.4. The van der Waals surface area contributed by atoms with Crippen LogP contribution in [0.25, 0.3) is 0 Å². The van der Waals surface area contributed by atoms with Crippen molar-refractivity contribution in [2.24, 2.45) is 0 Å². The predicted molar refractivity (Wildman–Crippen MR) is 82.3 cm³/mol. The second kappa shape index (κ2) is 8.63. The first-order valence-electron chi connectivity index (χ1n) is 6.90. The van der Waals surface area contributed by atoms with Gasteiger partial charge < -0.3 is 10.1 Å². The lowest BCUT2D eigenvalue weighted by Crippen LogP contribution is -2.29. The Hall–Kier alpha value is -2.61. The summed E-state index contributed by atoms with van der Waals surface area (Å²) in [5.74, 6) is 1.05. The van der Waals surface area contributed by atoms with Gasteiger partial charge >= 0.3 is 5.97 Å². The fourth-order valence-electron chi connectivity index (χ4n) is 1.69. The topological polar surface area (TPSA) is 72.5 Å². The van der Waals surface area contributed by atoms with Crippen LogP contribution in [0.5, 0.6) is 0 Å². The van der Waals surface area contributed by atoms with E-state index in [1.54, 1.807) is 12.1 Å². The van der Waals surface area contributed by atoms with Gasteiger partial charge in [-0.15, -0.1) is 6.42 Å². The number of ether oxygens (including phenoxy) is 1. The molecule has 1 rings (SSSR count). The van der Waals surface area contributed by atoms with Crippen LogP contribution in [0.1, 0.15) is 34.3 Å². The van der Waals surface area contributed by atoms with Gasteiger partial charge in [-0.2, -0.15) is 0 Å². The number of rotatable bonds is 7. The number of esters is 1. The number of Topliss-reactive ketones (excluding diaryl/α,β-unsaturated/α-hetero) is 1. The quantitative estimate of drug-likeness (QED) is 0.471. The number of carbonyl (C=O) groups excluding carboxylic acids is 3. The molecule has 0 aliphatic rings. The van der Waals surface area contributed by atoms with Gasteiger partial charge in [0.15, 0.2) is 12.4 Å². The van der Waals surface area contributed by atoms with E-state index in [4.69, 9.17) is 11.2 Å². The molecule has 0 fully saturated rings. The van der Waals surface area contributed by atoms with E-state index in [-0.39, 0.29) is 25.2 Å². The average Bonchev–Trinajstić information content (AvgIpc) is 2.51. The minimum absolute atomic E-state index is 0.0489. The molecule has 116 valence electrons. The maximum atomic E-state index is 12.0. The molecule has 1 aromatic rings. The lowest BCUT2D eigenvalue weighted by atomic mass is 10.0. The Morgan fingerprint density at radius 1 is 1.18 bits per heavy atom. The van der Waals surface area contributed by atoms with E-state index in [1.807, 2.05) is 19.9 Å². The number of nitrogens with one attached hydrogen (secondary N) is 1. The maximum absolute atomic E-state index is 12.0. The van der Waals surface area contributed by atoms with Crippen molar-refractivity contribution in [3.8, 4) is 12.3 Å². The summed E-state index contributed by atoms with van der Waals surface area (Å²) in [4.78, 5) is 34.7. The summed E-state index contributed by atoms with van der Waals surface area (Å²) in [7, 11) is 0. The molecule has 0 unspecified atom stereocenters. The highest BCUT2D eigenvalue weighted by Gasteiger charge is 2.12. The van der Waals surface area contributed by atoms with Crippen LogP contribution in [-0.4, -0.2) is 30.8 Å². The Morgan fingerprint density at radius 3 is 2.55 bits per heavy atom. The Labute approximate surface area is 130 Å². The van der Waals surface area contributed by atoms with Crippen LogP contribution < -0.4 is 5.32 Å². The molecule has 1 N–H and O–H groups in total. The lowest BCUT2D eigenvalue weighted by molar-refractivity contribution is -0.148. The average molecular weight is 301 g/mol. The van der Waals surface area contributed by atoms with Crippen LogP contribution in [0.2, 0.25) is 0 Å². The summed E-state index contributed by atoms with van der Waals surface area (Å²) in [6.07, 6.45) is 4.97. The summed E-state index contributed by atoms with van der Waals surface area (Å²) in [5.41, 5.74) is 2.70. The van der Waals surface area contributed by atoms with Crippen molar-refractivity contribution in [2.45, 2.75) is 26.7 Å². The molecule has 0 heterocycles. The molecule has 0 saturated carbocycles. The van der Waals surface area contributed by atoms with Gasteiger partial charge in [-0.3, -0.25) is 14.4 Å². The molecule has 0 radical (unpaired) electrons. The smallest absolute Gasteiger partial charge is 0.306 e. The van der Waals surface area contributed by atoms with Crippen LogP contribution in [0.4, 0.5) is 0 Å². The van der Waals surface area contributed by atoms with Crippen LogP contribution in [0.3, 0.4) is 0 Å². The molecule has 5 nitrogen and oxygen atoms in total.